The van der Waals surface area contributed by atoms with E-state index in [1.54, 1.807) is 48.9 Å². The maximum absolute atomic E-state index is 16.0. The highest BCUT2D eigenvalue weighted by molar-refractivity contribution is 5.98. The maximum Gasteiger partial charge on any atom is 0.159 e. The molecule has 4 aromatic heterocycles. The van der Waals surface area contributed by atoms with Crippen molar-refractivity contribution in [2.24, 2.45) is 0 Å². The third-order valence-corrected chi connectivity index (χ3v) is 6.01. The van der Waals surface area contributed by atoms with E-state index in [0.717, 1.165) is 11.1 Å². The molecular formula is C27H21F2N7. The Bertz CT molecular complexity index is 1720. The van der Waals surface area contributed by atoms with Crippen molar-refractivity contribution in [2.45, 2.75) is 6.54 Å². The molecule has 178 valence electrons. The number of H-pyrrole nitrogens is 2. The molecule has 6 rings (SSSR count). The number of halogens is 2. The van der Waals surface area contributed by atoms with E-state index in [-0.39, 0.29) is 5.82 Å². The highest BCUT2D eigenvalue weighted by Crippen LogP contribution is 2.35. The molecule has 7 nitrogen and oxygen atoms in total. The lowest BCUT2D eigenvalue weighted by Crippen LogP contribution is -2.10. The Kier molecular flexibility index (Phi) is 5.26. The Morgan fingerprint density at radius 2 is 1.72 bits per heavy atom. The second kappa shape index (κ2) is 8.62. The van der Waals surface area contributed by atoms with Crippen molar-refractivity contribution in [1.82, 2.24) is 35.0 Å². The summed E-state index contributed by atoms with van der Waals surface area (Å²) in [5, 5.41) is 7.62. The van der Waals surface area contributed by atoms with Crippen molar-refractivity contribution in [1.29, 1.82) is 0 Å². The van der Waals surface area contributed by atoms with Gasteiger partial charge in [-0.15, -0.1) is 0 Å². The van der Waals surface area contributed by atoms with Crippen LogP contribution in [0.1, 0.15) is 5.56 Å². The van der Waals surface area contributed by atoms with E-state index in [1.165, 1.54) is 12.1 Å². The van der Waals surface area contributed by atoms with Gasteiger partial charge in [0.15, 0.2) is 5.82 Å². The van der Waals surface area contributed by atoms with Crippen LogP contribution < -0.4 is 0 Å². The molecule has 0 saturated carbocycles. The third-order valence-electron chi connectivity index (χ3n) is 6.01. The smallest absolute Gasteiger partial charge is 0.159 e. The predicted octanol–water partition coefficient (Wildman–Crippen LogP) is 5.57. The van der Waals surface area contributed by atoms with Crippen molar-refractivity contribution in [3.8, 4) is 33.9 Å². The molecule has 0 radical (unpaired) electrons. The van der Waals surface area contributed by atoms with Gasteiger partial charge in [-0.05, 0) is 68.2 Å². The molecule has 0 amide bonds. The molecule has 0 atom stereocenters. The Morgan fingerprint density at radius 3 is 2.53 bits per heavy atom. The van der Waals surface area contributed by atoms with E-state index in [4.69, 9.17) is 4.98 Å². The number of aromatic nitrogens is 6. The van der Waals surface area contributed by atoms with Crippen LogP contribution in [0.2, 0.25) is 0 Å². The number of aromatic amines is 2. The van der Waals surface area contributed by atoms with Gasteiger partial charge in [0.1, 0.15) is 22.8 Å². The van der Waals surface area contributed by atoms with Gasteiger partial charge >= 0.3 is 0 Å². The molecule has 0 unspecified atom stereocenters. The van der Waals surface area contributed by atoms with Gasteiger partial charge < -0.3 is 9.88 Å². The first-order valence-electron chi connectivity index (χ1n) is 11.3. The summed E-state index contributed by atoms with van der Waals surface area (Å²) in [6.07, 6.45) is 5.09. The summed E-state index contributed by atoms with van der Waals surface area (Å²) in [4.78, 5) is 18.7. The highest BCUT2D eigenvalue weighted by Gasteiger charge is 2.20. The summed E-state index contributed by atoms with van der Waals surface area (Å²) in [6.45, 7) is 0.699. The molecular weight excluding hydrogens is 460 g/mol. The second-order valence-electron chi connectivity index (χ2n) is 8.89. The summed E-state index contributed by atoms with van der Waals surface area (Å²) < 4.78 is 29.4. The zero-order valence-electron chi connectivity index (χ0n) is 19.5. The molecule has 0 spiro atoms. The number of fused-ring (bicyclic) bond motifs is 2. The molecule has 9 heteroatoms. The lowest BCUT2D eigenvalue weighted by molar-refractivity contribution is 0.402. The number of nitrogens with one attached hydrogen (secondary N) is 2. The molecule has 6 aromatic rings. The number of rotatable bonds is 5. The molecule has 0 aliphatic carbocycles. The van der Waals surface area contributed by atoms with Gasteiger partial charge in [-0.3, -0.25) is 15.1 Å². The summed E-state index contributed by atoms with van der Waals surface area (Å²) in [7, 11) is 3.95. The number of hydrogen-bond acceptors (Lipinski definition) is 5. The van der Waals surface area contributed by atoms with Crippen LogP contribution in [-0.4, -0.2) is 49.1 Å². The lowest BCUT2D eigenvalue weighted by Gasteiger charge is -2.11. The number of pyridine rings is 2. The van der Waals surface area contributed by atoms with Gasteiger partial charge in [0, 0.05) is 41.8 Å². The Balaban J connectivity index is 1.48. The standard InChI is InChI=1S/C27H21F2N7/c1-36(2)14-15-11-17(13-30-12-15)19-7-8-20-22(23(19)29)26(35-34-20)27-32-21-9-10-31-24(25(21)33-27)16-3-5-18(28)6-4-16/h3-13H,14H2,1-2H3,(H,32,33)(H,34,35). The van der Waals surface area contributed by atoms with E-state index in [2.05, 4.69) is 25.1 Å². The summed E-state index contributed by atoms with van der Waals surface area (Å²) in [6, 6.07) is 13.3. The van der Waals surface area contributed by atoms with Crippen molar-refractivity contribution < 1.29 is 8.78 Å². The van der Waals surface area contributed by atoms with Crippen LogP contribution in [0.25, 0.3) is 55.8 Å². The summed E-state index contributed by atoms with van der Waals surface area (Å²) >= 11 is 0. The second-order valence-corrected chi connectivity index (χ2v) is 8.89. The van der Waals surface area contributed by atoms with E-state index in [0.29, 0.717) is 56.8 Å². The monoisotopic (exact) mass is 481 g/mol. The minimum atomic E-state index is -0.405. The maximum atomic E-state index is 16.0. The van der Waals surface area contributed by atoms with E-state index < -0.39 is 5.82 Å². The molecule has 0 fully saturated rings. The van der Waals surface area contributed by atoms with Crippen LogP contribution in [0.3, 0.4) is 0 Å². The Labute approximate surface area is 204 Å². The van der Waals surface area contributed by atoms with Crippen molar-refractivity contribution in [3.63, 3.8) is 0 Å². The summed E-state index contributed by atoms with van der Waals surface area (Å²) in [5.74, 6) is -0.328. The van der Waals surface area contributed by atoms with Crippen LogP contribution in [-0.2, 0) is 6.54 Å². The van der Waals surface area contributed by atoms with Crippen molar-refractivity contribution in [2.75, 3.05) is 14.1 Å². The van der Waals surface area contributed by atoms with E-state index in [9.17, 15) is 4.39 Å². The molecule has 0 bridgehead atoms. The van der Waals surface area contributed by atoms with E-state index in [1.807, 2.05) is 25.1 Å². The zero-order chi connectivity index (χ0) is 24.8. The molecule has 2 N–H and O–H groups in total. The molecule has 36 heavy (non-hydrogen) atoms. The van der Waals surface area contributed by atoms with Gasteiger partial charge in [-0.25, -0.2) is 13.8 Å². The fourth-order valence-electron chi connectivity index (χ4n) is 4.42. The normalized spacial score (nSPS) is 11.7. The van der Waals surface area contributed by atoms with Crippen LogP contribution >= 0.6 is 0 Å². The Hall–Kier alpha value is -4.50. The minimum Gasteiger partial charge on any atom is -0.336 e. The van der Waals surface area contributed by atoms with Crippen molar-refractivity contribution >= 4 is 21.9 Å². The van der Waals surface area contributed by atoms with Crippen LogP contribution in [0.4, 0.5) is 8.78 Å². The van der Waals surface area contributed by atoms with Gasteiger partial charge in [0.2, 0.25) is 0 Å². The number of benzene rings is 2. The van der Waals surface area contributed by atoms with Crippen molar-refractivity contribution in [3.05, 3.63) is 84.3 Å². The average molecular weight is 482 g/mol. The van der Waals surface area contributed by atoms with Gasteiger partial charge in [-0.2, -0.15) is 5.10 Å². The van der Waals surface area contributed by atoms with Gasteiger partial charge in [-0.1, -0.05) is 0 Å². The SMILES string of the molecule is CN(C)Cc1cncc(-c2ccc3[nH]nc(-c4nc5c(-c6ccc(F)cc6)nccc5[nH]4)c3c2F)c1. The predicted molar refractivity (Wildman–Crippen MR) is 135 cm³/mol. The molecule has 0 saturated heterocycles. The minimum absolute atomic E-state index is 0.328. The number of nitrogens with zero attached hydrogens (tertiary/aromatic N) is 5. The van der Waals surface area contributed by atoms with Gasteiger partial charge in [0.05, 0.1) is 22.1 Å². The van der Waals surface area contributed by atoms with Gasteiger partial charge in [0.25, 0.3) is 0 Å². The third kappa shape index (κ3) is 3.79. The number of hydrogen-bond donors (Lipinski definition) is 2. The van der Waals surface area contributed by atoms with Crippen LogP contribution in [0.5, 0.6) is 0 Å². The topological polar surface area (TPSA) is 86.4 Å². The number of imidazole rings is 1. The zero-order valence-corrected chi connectivity index (χ0v) is 19.5. The largest absolute Gasteiger partial charge is 0.336 e. The quantitative estimate of drug-likeness (QED) is 0.336. The summed E-state index contributed by atoms with van der Waals surface area (Å²) in [5.41, 5.74) is 5.66. The van der Waals surface area contributed by atoms with E-state index >= 15 is 4.39 Å². The molecule has 0 aliphatic rings. The first kappa shape index (κ1) is 22.0. The first-order valence-corrected chi connectivity index (χ1v) is 11.3. The lowest BCUT2D eigenvalue weighted by atomic mass is 10.0. The van der Waals surface area contributed by atoms with Crippen LogP contribution in [0.15, 0.2) is 67.1 Å². The fraction of sp³-hybridized carbons (Fsp3) is 0.111. The average Bonchev–Trinajstić information content (AvgIpc) is 3.49. The first-order chi connectivity index (χ1) is 17.5. The molecule has 4 heterocycles. The fourth-order valence-corrected chi connectivity index (χ4v) is 4.42. The van der Waals surface area contributed by atoms with Crippen LogP contribution in [0, 0.1) is 11.6 Å². The molecule has 2 aromatic carbocycles. The Morgan fingerprint density at radius 1 is 0.889 bits per heavy atom. The highest BCUT2D eigenvalue weighted by atomic mass is 19.1. The molecule has 0 aliphatic heterocycles.